The maximum atomic E-state index is 10.9. The Bertz CT molecular complexity index is 513. The van der Waals surface area contributed by atoms with E-state index in [0.29, 0.717) is 5.56 Å². The zero-order valence-electron chi connectivity index (χ0n) is 8.38. The third-order valence-corrected chi connectivity index (χ3v) is 2.34. The van der Waals surface area contributed by atoms with Gasteiger partial charge in [-0.25, -0.2) is 4.79 Å². The molecule has 1 heterocycles. The third kappa shape index (κ3) is 1.74. The molecule has 0 fully saturated rings. The molecule has 0 amide bonds. The summed E-state index contributed by atoms with van der Waals surface area (Å²) in [6, 6.07) is 7.29. The van der Waals surface area contributed by atoms with Gasteiger partial charge in [-0.3, -0.25) is 4.79 Å². The van der Waals surface area contributed by atoms with Gasteiger partial charge in [0.2, 0.25) is 0 Å². The molecule has 16 heavy (non-hydrogen) atoms. The molecule has 0 bridgehead atoms. The lowest BCUT2D eigenvalue weighted by atomic mass is 10.0. The molecule has 1 N–H and O–H groups in total. The Morgan fingerprint density at radius 3 is 2.81 bits per heavy atom. The van der Waals surface area contributed by atoms with Gasteiger partial charge < -0.3 is 10.0 Å². The molecule has 0 radical (unpaired) electrons. The smallest absolute Gasteiger partial charge is 0.323 e. The van der Waals surface area contributed by atoms with Gasteiger partial charge >= 0.3 is 5.97 Å². The first-order valence-corrected chi connectivity index (χ1v) is 4.73. The number of carboxylic acid groups (broad SMARTS) is 1. The monoisotopic (exact) mass is 215 g/mol. The van der Waals surface area contributed by atoms with Crippen molar-refractivity contribution in [3.63, 3.8) is 0 Å². The second kappa shape index (κ2) is 4.04. The van der Waals surface area contributed by atoms with Crippen molar-refractivity contribution in [2.45, 2.75) is 0 Å². The minimum absolute atomic E-state index is 0.241. The van der Waals surface area contributed by atoms with Crippen LogP contribution in [-0.4, -0.2) is 28.5 Å². The van der Waals surface area contributed by atoms with Crippen molar-refractivity contribution in [2.75, 3.05) is 6.54 Å². The largest absolute Gasteiger partial charge is 0.480 e. The summed E-state index contributed by atoms with van der Waals surface area (Å²) >= 11 is 0. The minimum Gasteiger partial charge on any atom is -0.480 e. The van der Waals surface area contributed by atoms with Crippen molar-refractivity contribution < 1.29 is 14.7 Å². The van der Waals surface area contributed by atoms with Gasteiger partial charge in [0, 0.05) is 11.8 Å². The van der Waals surface area contributed by atoms with Crippen molar-refractivity contribution in [1.29, 1.82) is 0 Å². The normalized spacial score (nSPS) is 13.2. The third-order valence-electron chi connectivity index (χ3n) is 2.34. The van der Waals surface area contributed by atoms with Crippen LogP contribution in [0.25, 0.3) is 11.8 Å². The maximum absolute atomic E-state index is 10.9. The van der Waals surface area contributed by atoms with Crippen molar-refractivity contribution >= 4 is 23.7 Å². The highest BCUT2D eigenvalue weighted by molar-refractivity contribution is 5.93. The highest BCUT2D eigenvalue weighted by atomic mass is 16.4. The quantitative estimate of drug-likeness (QED) is 0.754. The Kier molecular flexibility index (Phi) is 2.58. The van der Waals surface area contributed by atoms with Gasteiger partial charge in [0.1, 0.15) is 12.2 Å². The van der Waals surface area contributed by atoms with Crippen molar-refractivity contribution in [1.82, 2.24) is 4.90 Å². The molecule has 80 valence electrons. The second-order valence-corrected chi connectivity index (χ2v) is 3.38. The van der Waals surface area contributed by atoms with Gasteiger partial charge in [-0.15, -0.1) is 0 Å². The van der Waals surface area contributed by atoms with Gasteiger partial charge in [-0.2, -0.15) is 0 Å². The fourth-order valence-corrected chi connectivity index (χ4v) is 1.65. The lowest BCUT2D eigenvalue weighted by Gasteiger charge is -2.23. The Balaban J connectivity index is 2.45. The van der Waals surface area contributed by atoms with Crippen LogP contribution < -0.4 is 0 Å². The number of carboxylic acids is 1. The molecular formula is C12H9NO3. The van der Waals surface area contributed by atoms with E-state index in [1.54, 1.807) is 30.4 Å². The van der Waals surface area contributed by atoms with Crippen LogP contribution in [0.1, 0.15) is 11.1 Å². The number of benzene rings is 1. The molecule has 0 saturated carbocycles. The first-order chi connectivity index (χ1) is 7.72. The average Bonchev–Trinajstić information content (AvgIpc) is 2.28. The molecule has 1 aliphatic heterocycles. The Labute approximate surface area is 92.1 Å². The molecule has 1 aromatic rings. The second-order valence-electron chi connectivity index (χ2n) is 3.38. The van der Waals surface area contributed by atoms with Crippen LogP contribution in [0.15, 0.2) is 30.5 Å². The van der Waals surface area contributed by atoms with Crippen LogP contribution in [0.4, 0.5) is 0 Å². The van der Waals surface area contributed by atoms with Crippen LogP contribution in [0.2, 0.25) is 0 Å². The van der Waals surface area contributed by atoms with Crippen LogP contribution in [-0.2, 0) is 9.59 Å². The average molecular weight is 215 g/mol. The highest BCUT2D eigenvalue weighted by Gasteiger charge is 2.19. The molecule has 0 spiro atoms. The number of hydrogen-bond donors (Lipinski definition) is 1. The molecule has 1 aromatic carbocycles. The van der Waals surface area contributed by atoms with Crippen molar-refractivity contribution in [3.8, 4) is 0 Å². The minimum atomic E-state index is -0.989. The van der Waals surface area contributed by atoms with E-state index in [9.17, 15) is 9.59 Å². The number of carbonyl (C=O) groups is 1. The summed E-state index contributed by atoms with van der Waals surface area (Å²) in [5.74, 6) is 0.804. The van der Waals surface area contributed by atoms with E-state index in [0.717, 1.165) is 5.56 Å². The Hall–Kier alpha value is -2.32. The predicted octanol–water partition coefficient (Wildman–Crippen LogP) is 1.23. The fraction of sp³-hybridized carbons (Fsp3) is 0.0833. The van der Waals surface area contributed by atoms with E-state index in [-0.39, 0.29) is 12.2 Å². The van der Waals surface area contributed by atoms with Gasteiger partial charge in [-0.1, -0.05) is 24.3 Å². The van der Waals surface area contributed by atoms with Crippen LogP contribution in [0.5, 0.6) is 0 Å². The summed E-state index contributed by atoms with van der Waals surface area (Å²) in [5, 5.41) is 8.71. The lowest BCUT2D eigenvalue weighted by molar-refractivity contribution is -0.137. The predicted molar refractivity (Wildman–Crippen MR) is 58.9 cm³/mol. The van der Waals surface area contributed by atoms with E-state index in [1.165, 1.54) is 4.90 Å². The Morgan fingerprint density at radius 2 is 2.12 bits per heavy atom. The first-order valence-electron chi connectivity index (χ1n) is 4.73. The fourth-order valence-electron chi connectivity index (χ4n) is 1.65. The molecule has 1 aliphatic rings. The standard InChI is InChI=1S/C12H9NO3/c14-8-11-10-4-2-1-3-9(10)5-6-13(11)7-12(15)16/h1-6H,7H2,(H,15,16). The van der Waals surface area contributed by atoms with E-state index < -0.39 is 5.97 Å². The molecule has 0 saturated heterocycles. The lowest BCUT2D eigenvalue weighted by Crippen LogP contribution is -2.25. The number of carbonyl (C=O) groups excluding carboxylic acids is 1. The molecule has 0 unspecified atom stereocenters. The summed E-state index contributed by atoms with van der Waals surface area (Å²) < 4.78 is 0. The van der Waals surface area contributed by atoms with Gasteiger partial charge in [0.25, 0.3) is 0 Å². The number of hydrogen-bond acceptors (Lipinski definition) is 3. The number of fused-ring (bicyclic) bond motifs is 1. The molecule has 2 rings (SSSR count). The summed E-state index contributed by atoms with van der Waals surface area (Å²) in [5.41, 5.74) is 1.87. The van der Waals surface area contributed by atoms with Gasteiger partial charge in [0.15, 0.2) is 5.94 Å². The summed E-state index contributed by atoms with van der Waals surface area (Å²) in [4.78, 5) is 22.9. The number of rotatable bonds is 2. The Morgan fingerprint density at radius 1 is 1.38 bits per heavy atom. The first kappa shape index (κ1) is 10.2. The van der Waals surface area contributed by atoms with Crippen LogP contribution in [0, 0.1) is 0 Å². The molecule has 0 aliphatic carbocycles. The molecule has 0 aromatic heterocycles. The van der Waals surface area contributed by atoms with E-state index >= 15 is 0 Å². The van der Waals surface area contributed by atoms with Crippen LogP contribution in [0.3, 0.4) is 0 Å². The zero-order chi connectivity index (χ0) is 11.5. The van der Waals surface area contributed by atoms with Crippen LogP contribution >= 0.6 is 0 Å². The SMILES string of the molecule is O=C=C1c2ccccc2C=CN1CC(=O)O. The maximum Gasteiger partial charge on any atom is 0.323 e. The van der Waals surface area contributed by atoms with Gasteiger partial charge in [-0.05, 0) is 11.6 Å². The molecule has 0 atom stereocenters. The van der Waals surface area contributed by atoms with Crippen molar-refractivity contribution in [3.05, 3.63) is 41.6 Å². The molecular weight excluding hydrogens is 206 g/mol. The summed E-state index contributed by atoms with van der Waals surface area (Å²) in [6.45, 7) is -0.241. The zero-order valence-corrected chi connectivity index (χ0v) is 8.38. The van der Waals surface area contributed by atoms with E-state index in [2.05, 4.69) is 0 Å². The van der Waals surface area contributed by atoms with E-state index in [4.69, 9.17) is 5.11 Å². The number of nitrogens with zero attached hydrogens (tertiary/aromatic N) is 1. The van der Waals surface area contributed by atoms with Crippen molar-refractivity contribution in [2.24, 2.45) is 0 Å². The molecule has 4 nitrogen and oxygen atoms in total. The summed E-state index contributed by atoms with van der Waals surface area (Å²) in [7, 11) is 0. The van der Waals surface area contributed by atoms with E-state index in [1.807, 2.05) is 12.1 Å². The summed E-state index contributed by atoms with van der Waals surface area (Å²) in [6.07, 6.45) is 3.36. The topological polar surface area (TPSA) is 57.6 Å². The molecule has 4 heteroatoms. The van der Waals surface area contributed by atoms with Gasteiger partial charge in [0.05, 0.1) is 0 Å². The highest BCUT2D eigenvalue weighted by Crippen LogP contribution is 2.26. The number of aliphatic carboxylic acids is 1.